The lowest BCUT2D eigenvalue weighted by atomic mass is 9.92. The van der Waals surface area contributed by atoms with Crippen LogP contribution in [0.5, 0.6) is 0 Å². The van der Waals surface area contributed by atoms with E-state index >= 15 is 0 Å². The van der Waals surface area contributed by atoms with Gasteiger partial charge >= 0.3 is 0 Å². The van der Waals surface area contributed by atoms with Crippen molar-refractivity contribution < 1.29 is 0 Å². The number of halogens is 1. The van der Waals surface area contributed by atoms with Gasteiger partial charge in [0.15, 0.2) is 0 Å². The maximum Gasteiger partial charge on any atom is 0.0437 e. The molecule has 1 aromatic rings. The van der Waals surface area contributed by atoms with Crippen LogP contribution in [0.2, 0.25) is 5.02 Å². The zero-order chi connectivity index (χ0) is 11.4. The van der Waals surface area contributed by atoms with Crippen LogP contribution in [0.4, 0.5) is 0 Å². The van der Waals surface area contributed by atoms with Crippen LogP contribution in [-0.2, 0) is 6.42 Å². The van der Waals surface area contributed by atoms with E-state index in [9.17, 15) is 0 Å². The molecule has 1 atom stereocenters. The lowest BCUT2D eigenvalue weighted by Crippen LogP contribution is -2.14. The van der Waals surface area contributed by atoms with Crippen molar-refractivity contribution in [2.75, 3.05) is 13.1 Å². The van der Waals surface area contributed by atoms with E-state index in [0.29, 0.717) is 0 Å². The summed E-state index contributed by atoms with van der Waals surface area (Å²) >= 11 is 6.15. The molecule has 0 bridgehead atoms. The van der Waals surface area contributed by atoms with E-state index < -0.39 is 0 Å². The predicted molar refractivity (Wildman–Crippen MR) is 70.1 cm³/mol. The summed E-state index contributed by atoms with van der Waals surface area (Å²) in [5.41, 5.74) is 2.57. The molecule has 1 nitrogen and oxygen atoms in total. The number of nitrogens with one attached hydrogen (secondary N) is 1. The Balaban J connectivity index is 1.99. The molecule has 0 radical (unpaired) electrons. The maximum atomic E-state index is 6.15. The van der Waals surface area contributed by atoms with Gasteiger partial charge in [0.1, 0.15) is 0 Å². The Morgan fingerprint density at radius 3 is 3.00 bits per heavy atom. The number of hydrogen-bond acceptors (Lipinski definition) is 1. The first kappa shape index (κ1) is 11.9. The van der Waals surface area contributed by atoms with Gasteiger partial charge in [-0.3, -0.25) is 0 Å². The van der Waals surface area contributed by atoms with Crippen LogP contribution in [0.3, 0.4) is 0 Å². The van der Waals surface area contributed by atoms with Crippen LogP contribution in [0.1, 0.15) is 30.4 Å². The first-order valence-electron chi connectivity index (χ1n) is 6.21. The molecule has 0 spiro atoms. The van der Waals surface area contributed by atoms with Crippen molar-refractivity contribution >= 4 is 11.6 Å². The van der Waals surface area contributed by atoms with E-state index in [2.05, 4.69) is 30.4 Å². The second kappa shape index (κ2) is 5.70. The minimum Gasteiger partial charge on any atom is -0.317 e. The van der Waals surface area contributed by atoms with Gasteiger partial charge in [-0.05, 0) is 68.8 Å². The molecule has 2 rings (SSSR count). The van der Waals surface area contributed by atoms with E-state index in [0.717, 1.165) is 10.9 Å². The molecule has 16 heavy (non-hydrogen) atoms. The van der Waals surface area contributed by atoms with Gasteiger partial charge < -0.3 is 5.32 Å². The summed E-state index contributed by atoms with van der Waals surface area (Å²) in [7, 11) is 0. The Labute approximate surface area is 103 Å². The molecule has 0 amide bonds. The first-order valence-corrected chi connectivity index (χ1v) is 6.59. The van der Waals surface area contributed by atoms with Crippen molar-refractivity contribution in [1.82, 2.24) is 5.32 Å². The normalized spacial score (nSPS) is 21.8. The van der Waals surface area contributed by atoms with Gasteiger partial charge in [-0.15, -0.1) is 0 Å². The van der Waals surface area contributed by atoms with Crippen molar-refractivity contribution in [3.63, 3.8) is 0 Å². The van der Waals surface area contributed by atoms with Gasteiger partial charge in [-0.1, -0.05) is 23.7 Å². The zero-order valence-electron chi connectivity index (χ0n) is 9.93. The third-order valence-electron chi connectivity index (χ3n) is 3.46. The molecule has 1 heterocycles. The van der Waals surface area contributed by atoms with Crippen LogP contribution < -0.4 is 5.32 Å². The van der Waals surface area contributed by atoms with Gasteiger partial charge in [0.25, 0.3) is 0 Å². The van der Waals surface area contributed by atoms with Crippen molar-refractivity contribution in [1.29, 1.82) is 0 Å². The molecule has 1 aliphatic rings. The zero-order valence-corrected chi connectivity index (χ0v) is 10.7. The fourth-order valence-electron chi connectivity index (χ4n) is 2.39. The van der Waals surface area contributed by atoms with Crippen LogP contribution >= 0.6 is 11.6 Å². The number of hydrogen-bond donors (Lipinski definition) is 1. The highest BCUT2D eigenvalue weighted by atomic mass is 35.5. The summed E-state index contributed by atoms with van der Waals surface area (Å²) in [5, 5.41) is 4.36. The van der Waals surface area contributed by atoms with Gasteiger partial charge in [0, 0.05) is 5.02 Å². The minimum absolute atomic E-state index is 0.828. The summed E-state index contributed by atoms with van der Waals surface area (Å²) in [5.74, 6) is 0.828. The van der Waals surface area contributed by atoms with E-state index in [-0.39, 0.29) is 0 Å². The van der Waals surface area contributed by atoms with Crippen molar-refractivity contribution in [3.8, 4) is 0 Å². The van der Waals surface area contributed by atoms with Crippen LogP contribution in [0, 0.1) is 12.8 Å². The monoisotopic (exact) mass is 237 g/mol. The topological polar surface area (TPSA) is 12.0 Å². The van der Waals surface area contributed by atoms with Crippen LogP contribution in [-0.4, -0.2) is 13.1 Å². The second-order valence-corrected chi connectivity index (χ2v) is 5.24. The van der Waals surface area contributed by atoms with E-state index in [1.807, 2.05) is 0 Å². The molecule has 88 valence electrons. The number of aryl methyl sites for hydroxylation is 1. The molecule has 1 fully saturated rings. The second-order valence-electron chi connectivity index (χ2n) is 4.83. The molecule has 1 aliphatic heterocycles. The highest BCUT2D eigenvalue weighted by Gasteiger charge is 2.12. The first-order chi connectivity index (χ1) is 7.75. The fourth-order valence-corrected chi connectivity index (χ4v) is 2.60. The average Bonchev–Trinajstić information content (AvgIpc) is 2.52. The Kier molecular flexibility index (Phi) is 4.25. The summed E-state index contributed by atoms with van der Waals surface area (Å²) in [4.78, 5) is 0. The minimum atomic E-state index is 0.828. The van der Waals surface area contributed by atoms with Gasteiger partial charge in [-0.25, -0.2) is 0 Å². The standard InChI is InChI=1S/C14H20ClN/c1-11-4-5-13(10-14(11)15)9-12-3-2-7-16-8-6-12/h4-5,10,12,16H,2-3,6-9H2,1H3. The van der Waals surface area contributed by atoms with Crippen LogP contribution in [0.25, 0.3) is 0 Å². The Morgan fingerprint density at radius 1 is 1.31 bits per heavy atom. The molecule has 2 heteroatoms. The van der Waals surface area contributed by atoms with Crippen molar-refractivity contribution in [2.24, 2.45) is 5.92 Å². The smallest absolute Gasteiger partial charge is 0.0437 e. The number of benzene rings is 1. The fraction of sp³-hybridized carbons (Fsp3) is 0.571. The Hall–Kier alpha value is -0.530. The third kappa shape index (κ3) is 3.23. The molecular weight excluding hydrogens is 218 g/mol. The molecule has 1 saturated heterocycles. The van der Waals surface area contributed by atoms with Crippen LogP contribution in [0.15, 0.2) is 18.2 Å². The molecule has 0 aliphatic carbocycles. The van der Waals surface area contributed by atoms with Crippen molar-refractivity contribution in [3.05, 3.63) is 34.3 Å². The molecule has 1 N–H and O–H groups in total. The number of rotatable bonds is 2. The largest absolute Gasteiger partial charge is 0.317 e. The van der Waals surface area contributed by atoms with Gasteiger partial charge in [0.2, 0.25) is 0 Å². The maximum absolute atomic E-state index is 6.15. The quantitative estimate of drug-likeness (QED) is 0.829. The molecule has 1 aromatic carbocycles. The van der Waals surface area contributed by atoms with Gasteiger partial charge in [-0.2, -0.15) is 0 Å². The molecule has 0 saturated carbocycles. The summed E-state index contributed by atoms with van der Waals surface area (Å²) in [6.45, 7) is 4.41. The summed E-state index contributed by atoms with van der Waals surface area (Å²) < 4.78 is 0. The highest BCUT2D eigenvalue weighted by Crippen LogP contribution is 2.22. The predicted octanol–water partition coefficient (Wildman–Crippen LogP) is 3.58. The Bertz CT molecular complexity index is 341. The molecule has 1 unspecified atom stereocenters. The van der Waals surface area contributed by atoms with E-state index in [1.54, 1.807) is 0 Å². The molecular formula is C14H20ClN. The highest BCUT2D eigenvalue weighted by molar-refractivity contribution is 6.31. The lowest BCUT2D eigenvalue weighted by Gasteiger charge is -2.14. The average molecular weight is 238 g/mol. The SMILES string of the molecule is Cc1ccc(CC2CCCNCC2)cc1Cl. The lowest BCUT2D eigenvalue weighted by molar-refractivity contribution is 0.470. The summed E-state index contributed by atoms with van der Waals surface area (Å²) in [6, 6.07) is 6.49. The molecule has 0 aromatic heterocycles. The third-order valence-corrected chi connectivity index (χ3v) is 3.86. The Morgan fingerprint density at radius 2 is 2.19 bits per heavy atom. The van der Waals surface area contributed by atoms with Crippen molar-refractivity contribution in [2.45, 2.75) is 32.6 Å². The summed E-state index contributed by atoms with van der Waals surface area (Å²) in [6.07, 6.45) is 5.13. The van der Waals surface area contributed by atoms with E-state index in [1.165, 1.54) is 49.9 Å². The van der Waals surface area contributed by atoms with Gasteiger partial charge in [0.05, 0.1) is 0 Å². The van der Waals surface area contributed by atoms with E-state index in [4.69, 9.17) is 11.6 Å².